The number of aromatic nitrogens is 3. The molecule has 0 aliphatic heterocycles. The zero-order valence-corrected chi connectivity index (χ0v) is 31.2. The van der Waals surface area contributed by atoms with E-state index in [1.165, 1.54) is 99.2 Å². The topological polar surface area (TPSA) is 14.8 Å². The maximum atomic E-state index is 2.53. The predicted octanol–water partition coefficient (Wildman–Crippen LogP) is 13.9. The van der Waals surface area contributed by atoms with E-state index in [9.17, 15) is 0 Å². The molecule has 0 aliphatic rings. The SMILES string of the molecule is CC(C)(C)c1ccc2c3c4c5ccccc5n(-c5ccccc5)c4ccc3n(-c3ccccc3-c3ccc4c(c3)c3ccccc3n4-c3ccccc3)c2c1. The highest BCUT2D eigenvalue weighted by Crippen LogP contribution is 2.45. The van der Waals surface area contributed by atoms with Gasteiger partial charge in [0.25, 0.3) is 0 Å². The minimum absolute atomic E-state index is 0.00828. The Morgan fingerprint density at radius 2 is 0.855 bits per heavy atom. The number of para-hydroxylation sites is 5. The van der Waals surface area contributed by atoms with Crippen LogP contribution in [0.25, 0.3) is 93.6 Å². The monoisotopic (exact) mass is 705 g/mol. The molecule has 0 saturated heterocycles. The molecule has 3 aromatic heterocycles. The van der Waals surface area contributed by atoms with E-state index in [2.05, 4.69) is 216 Å². The molecule has 262 valence electrons. The van der Waals surface area contributed by atoms with Crippen molar-refractivity contribution in [2.24, 2.45) is 0 Å². The minimum atomic E-state index is -0.00828. The summed E-state index contributed by atoms with van der Waals surface area (Å²) in [6.45, 7) is 6.92. The molecular weight excluding hydrogens is 667 g/mol. The fraction of sp³-hybridized carbons (Fsp3) is 0.0769. The first-order chi connectivity index (χ1) is 27.0. The molecule has 0 saturated carbocycles. The Kier molecular flexibility index (Phi) is 6.81. The molecule has 0 spiro atoms. The summed E-state index contributed by atoms with van der Waals surface area (Å²) in [7, 11) is 0. The van der Waals surface area contributed by atoms with Crippen molar-refractivity contribution in [1.82, 2.24) is 13.7 Å². The fourth-order valence-corrected chi connectivity index (χ4v) is 9.06. The second kappa shape index (κ2) is 11.8. The average molecular weight is 706 g/mol. The molecule has 0 amide bonds. The van der Waals surface area contributed by atoms with Gasteiger partial charge in [-0.25, -0.2) is 0 Å². The van der Waals surface area contributed by atoms with Crippen molar-refractivity contribution >= 4 is 65.4 Å². The molecule has 0 atom stereocenters. The first-order valence-corrected chi connectivity index (χ1v) is 19.2. The van der Waals surface area contributed by atoms with Crippen molar-refractivity contribution in [3.05, 3.63) is 188 Å². The van der Waals surface area contributed by atoms with Crippen LogP contribution in [-0.2, 0) is 5.41 Å². The van der Waals surface area contributed by atoms with E-state index >= 15 is 0 Å². The van der Waals surface area contributed by atoms with Crippen LogP contribution in [0.2, 0.25) is 0 Å². The third-order valence-corrected chi connectivity index (χ3v) is 11.6. The summed E-state index contributed by atoms with van der Waals surface area (Å²) in [5, 5.41) is 7.61. The minimum Gasteiger partial charge on any atom is -0.309 e. The van der Waals surface area contributed by atoms with Crippen LogP contribution in [0, 0.1) is 0 Å². The summed E-state index contributed by atoms with van der Waals surface area (Å²) < 4.78 is 7.34. The summed E-state index contributed by atoms with van der Waals surface area (Å²) in [5.41, 5.74) is 14.5. The molecule has 0 bridgehead atoms. The van der Waals surface area contributed by atoms with Crippen LogP contribution in [0.4, 0.5) is 0 Å². The van der Waals surface area contributed by atoms with Gasteiger partial charge in [-0.15, -0.1) is 0 Å². The number of hydrogen-bond donors (Lipinski definition) is 0. The maximum Gasteiger partial charge on any atom is 0.0549 e. The van der Waals surface area contributed by atoms with Crippen LogP contribution in [0.1, 0.15) is 26.3 Å². The molecule has 0 N–H and O–H groups in total. The second-order valence-corrected chi connectivity index (χ2v) is 15.8. The number of benzene rings is 8. The van der Waals surface area contributed by atoms with Crippen molar-refractivity contribution in [2.45, 2.75) is 26.2 Å². The fourth-order valence-electron chi connectivity index (χ4n) is 9.06. The third kappa shape index (κ3) is 4.69. The van der Waals surface area contributed by atoms with Gasteiger partial charge >= 0.3 is 0 Å². The molecular formula is C52H39N3. The van der Waals surface area contributed by atoms with E-state index in [0.717, 1.165) is 0 Å². The van der Waals surface area contributed by atoms with E-state index in [-0.39, 0.29) is 5.41 Å². The van der Waals surface area contributed by atoms with Gasteiger partial charge in [0.05, 0.1) is 38.8 Å². The predicted molar refractivity (Wildman–Crippen MR) is 234 cm³/mol. The van der Waals surface area contributed by atoms with Crippen molar-refractivity contribution in [1.29, 1.82) is 0 Å². The lowest BCUT2D eigenvalue weighted by Gasteiger charge is -2.20. The van der Waals surface area contributed by atoms with E-state index in [1.807, 2.05) is 0 Å². The van der Waals surface area contributed by atoms with E-state index < -0.39 is 0 Å². The normalized spacial score (nSPS) is 12.3. The Morgan fingerprint density at radius 1 is 0.345 bits per heavy atom. The van der Waals surface area contributed by atoms with Gasteiger partial charge in [0, 0.05) is 49.3 Å². The van der Waals surface area contributed by atoms with Gasteiger partial charge < -0.3 is 13.7 Å². The molecule has 3 heterocycles. The number of rotatable bonds is 4. The summed E-state index contributed by atoms with van der Waals surface area (Å²) in [4.78, 5) is 0. The Balaban J connectivity index is 1.23. The van der Waals surface area contributed by atoms with Gasteiger partial charge in [-0.05, 0) is 89.3 Å². The number of hydrogen-bond acceptors (Lipinski definition) is 0. The largest absolute Gasteiger partial charge is 0.309 e. The molecule has 11 aromatic rings. The summed E-state index contributed by atoms with van der Waals surface area (Å²) in [6, 6.07) is 66.9. The Bertz CT molecular complexity index is 3280. The van der Waals surface area contributed by atoms with Crippen molar-refractivity contribution in [3.8, 4) is 28.2 Å². The van der Waals surface area contributed by atoms with Crippen LogP contribution in [0.5, 0.6) is 0 Å². The lowest BCUT2D eigenvalue weighted by Crippen LogP contribution is -2.10. The van der Waals surface area contributed by atoms with Crippen LogP contribution in [-0.4, -0.2) is 13.7 Å². The second-order valence-electron chi connectivity index (χ2n) is 15.8. The highest BCUT2D eigenvalue weighted by Gasteiger charge is 2.24. The summed E-state index contributed by atoms with van der Waals surface area (Å²) in [5.74, 6) is 0. The quantitative estimate of drug-likeness (QED) is 0.173. The Morgan fingerprint density at radius 3 is 1.55 bits per heavy atom. The first kappa shape index (κ1) is 31.7. The van der Waals surface area contributed by atoms with Gasteiger partial charge in [0.15, 0.2) is 0 Å². The Labute approximate surface area is 319 Å². The van der Waals surface area contributed by atoms with Gasteiger partial charge in [-0.3, -0.25) is 0 Å². The van der Waals surface area contributed by atoms with Crippen LogP contribution in [0.15, 0.2) is 182 Å². The zero-order chi connectivity index (χ0) is 36.8. The molecule has 55 heavy (non-hydrogen) atoms. The number of fused-ring (bicyclic) bond motifs is 10. The van der Waals surface area contributed by atoms with Crippen LogP contribution >= 0.6 is 0 Å². The van der Waals surface area contributed by atoms with E-state index in [0.29, 0.717) is 0 Å². The highest BCUT2D eigenvalue weighted by molar-refractivity contribution is 6.29. The molecule has 0 radical (unpaired) electrons. The number of nitrogens with zero attached hydrogens (tertiary/aromatic N) is 3. The lowest BCUT2D eigenvalue weighted by atomic mass is 9.86. The van der Waals surface area contributed by atoms with Gasteiger partial charge in [0.1, 0.15) is 0 Å². The van der Waals surface area contributed by atoms with Crippen molar-refractivity contribution < 1.29 is 0 Å². The van der Waals surface area contributed by atoms with Gasteiger partial charge in [0.2, 0.25) is 0 Å². The summed E-state index contributed by atoms with van der Waals surface area (Å²) >= 11 is 0. The average Bonchev–Trinajstić information content (AvgIpc) is 3.86. The molecule has 0 aliphatic carbocycles. The van der Waals surface area contributed by atoms with Crippen molar-refractivity contribution in [2.75, 3.05) is 0 Å². The van der Waals surface area contributed by atoms with Crippen LogP contribution in [0.3, 0.4) is 0 Å². The molecule has 8 aromatic carbocycles. The third-order valence-electron chi connectivity index (χ3n) is 11.6. The van der Waals surface area contributed by atoms with E-state index in [1.54, 1.807) is 0 Å². The smallest absolute Gasteiger partial charge is 0.0549 e. The lowest BCUT2D eigenvalue weighted by molar-refractivity contribution is 0.591. The molecule has 3 nitrogen and oxygen atoms in total. The van der Waals surface area contributed by atoms with Gasteiger partial charge in [-0.1, -0.05) is 130 Å². The molecule has 11 rings (SSSR count). The first-order valence-electron chi connectivity index (χ1n) is 19.2. The molecule has 3 heteroatoms. The highest BCUT2D eigenvalue weighted by atomic mass is 15.0. The van der Waals surface area contributed by atoms with Crippen molar-refractivity contribution in [3.63, 3.8) is 0 Å². The standard InChI is InChI=1S/C52H39N3/c1-52(2,3)35-27-28-41-49(33-35)55(48-31-30-47-50(51(41)48)40-22-12-15-25-45(40)54(47)37-18-8-5-9-19-37)43-23-13-10-20-38(43)34-26-29-46-42(32-34)39-21-11-14-24-44(39)53(46)36-16-6-4-7-17-36/h4-33H,1-3H3. The summed E-state index contributed by atoms with van der Waals surface area (Å²) in [6.07, 6.45) is 0. The Hall–Kier alpha value is -6.84. The maximum absolute atomic E-state index is 2.53. The zero-order valence-electron chi connectivity index (χ0n) is 31.2. The van der Waals surface area contributed by atoms with Gasteiger partial charge in [-0.2, -0.15) is 0 Å². The van der Waals surface area contributed by atoms with E-state index in [4.69, 9.17) is 0 Å². The van der Waals surface area contributed by atoms with Crippen LogP contribution < -0.4 is 0 Å². The molecule has 0 unspecified atom stereocenters. The molecule has 0 fully saturated rings.